The summed E-state index contributed by atoms with van der Waals surface area (Å²) < 4.78 is 0. The first kappa shape index (κ1) is 35.3. The maximum atomic E-state index is 3.49. The van der Waals surface area contributed by atoms with Crippen molar-refractivity contribution in [1.82, 2.24) is 0 Å². The molecule has 0 radical (unpaired) electrons. The molecule has 2 aromatic carbocycles. The minimum absolute atomic E-state index is 0. The van der Waals surface area contributed by atoms with Gasteiger partial charge in [-0.25, -0.2) is 0 Å². The Labute approximate surface area is 247 Å². The van der Waals surface area contributed by atoms with Crippen LogP contribution in [0.3, 0.4) is 0 Å². The summed E-state index contributed by atoms with van der Waals surface area (Å²) in [5, 5.41) is 3.22. The van der Waals surface area contributed by atoms with E-state index in [0.717, 1.165) is 12.8 Å². The zero-order valence-corrected chi connectivity index (χ0v) is 29.2. The Morgan fingerprint density at radius 2 is 0.889 bits per heavy atom. The van der Waals surface area contributed by atoms with Crippen molar-refractivity contribution < 1.29 is 44.0 Å². The van der Waals surface area contributed by atoms with Crippen molar-refractivity contribution >= 4 is 33.5 Å². The zero-order valence-electron chi connectivity index (χ0n) is 23.1. The molecular weight excluding hydrogens is 563 g/mol. The summed E-state index contributed by atoms with van der Waals surface area (Å²) in [6, 6.07) is 21.1. The molecule has 0 spiro atoms. The molecule has 0 atom stereocenters. The van der Waals surface area contributed by atoms with Crippen LogP contribution in [0.5, 0.6) is 0 Å². The van der Waals surface area contributed by atoms with Gasteiger partial charge in [-0.05, 0) is 0 Å². The van der Waals surface area contributed by atoms with Crippen molar-refractivity contribution in [3.8, 4) is 0 Å². The van der Waals surface area contributed by atoms with Gasteiger partial charge < -0.3 is 24.8 Å². The van der Waals surface area contributed by atoms with Crippen LogP contribution in [-0.4, -0.2) is 22.3 Å². The van der Waals surface area contributed by atoms with E-state index in [2.05, 4.69) is 157 Å². The molecule has 2 aliphatic rings. The number of benzene rings is 2. The van der Waals surface area contributed by atoms with Crippen LogP contribution in [0.25, 0.3) is 11.1 Å². The SMILES string of the molecule is C[Si](C)(C)C1=CC(c2ccccc2)=[C-]C1.C[Si](C)(C)C1=CC(c2ccccc2)=[C-]C1.C[Si](C)=[Ti+2].[Cl-].[Cl-]. The van der Waals surface area contributed by atoms with Crippen molar-refractivity contribution in [3.05, 3.63) is 106 Å². The third kappa shape index (κ3) is 12.3. The quantitative estimate of drug-likeness (QED) is 0.373. The maximum Gasteiger partial charge on any atom is -1.00 e. The van der Waals surface area contributed by atoms with Crippen LogP contribution in [0, 0.1) is 12.2 Å². The van der Waals surface area contributed by atoms with Gasteiger partial charge in [0.1, 0.15) is 0 Å². The Kier molecular flexibility index (Phi) is 16.0. The van der Waals surface area contributed by atoms with Gasteiger partial charge in [-0.1, -0.05) is 88.5 Å². The number of hydrogen-bond acceptors (Lipinski definition) is 0. The van der Waals surface area contributed by atoms with Crippen molar-refractivity contribution in [3.63, 3.8) is 0 Å². The first-order valence-electron chi connectivity index (χ1n) is 12.1. The fraction of sp³-hybridized carbons (Fsp3) is 0.333. The molecule has 192 valence electrons. The smallest absolute Gasteiger partial charge is 1.00 e. The summed E-state index contributed by atoms with van der Waals surface area (Å²) in [5.74, 6) is 0. The molecular formula is C30H40Cl2Si3Ti-2. The van der Waals surface area contributed by atoms with E-state index in [0.29, 0.717) is 0 Å². The van der Waals surface area contributed by atoms with Crippen LogP contribution < -0.4 is 24.8 Å². The molecule has 0 fully saturated rings. The number of hydrogen-bond donors (Lipinski definition) is 0. The van der Waals surface area contributed by atoms with E-state index >= 15 is 0 Å². The van der Waals surface area contributed by atoms with E-state index in [4.69, 9.17) is 0 Å². The van der Waals surface area contributed by atoms with Crippen LogP contribution in [0.4, 0.5) is 0 Å². The minimum atomic E-state index is -1.12. The van der Waals surface area contributed by atoms with Crippen molar-refractivity contribution in [2.75, 3.05) is 0 Å². The largest absolute Gasteiger partial charge is 1.00 e. The van der Waals surface area contributed by atoms with Crippen LogP contribution in [0.2, 0.25) is 52.4 Å². The molecule has 0 aliphatic heterocycles. The minimum Gasteiger partial charge on any atom is -1.00 e. The van der Waals surface area contributed by atoms with Gasteiger partial charge in [-0.15, -0.1) is 45.8 Å². The Bertz CT molecular complexity index is 1000. The van der Waals surface area contributed by atoms with Gasteiger partial charge >= 0.3 is 38.5 Å². The average molecular weight is 604 g/mol. The maximum absolute atomic E-state index is 3.49. The van der Waals surface area contributed by atoms with E-state index in [1.54, 1.807) is 10.4 Å². The summed E-state index contributed by atoms with van der Waals surface area (Å²) in [7, 11) is -2.24. The molecule has 36 heavy (non-hydrogen) atoms. The van der Waals surface area contributed by atoms with Crippen LogP contribution in [0.15, 0.2) is 83.2 Å². The van der Waals surface area contributed by atoms with E-state index in [1.165, 1.54) is 22.3 Å². The Morgan fingerprint density at radius 1 is 0.611 bits per heavy atom. The van der Waals surface area contributed by atoms with Crippen LogP contribution in [-0.2, 0) is 19.2 Å². The summed E-state index contributed by atoms with van der Waals surface area (Å²) in [5.41, 5.74) is 5.16. The predicted octanol–water partition coefficient (Wildman–Crippen LogP) is 2.95. The van der Waals surface area contributed by atoms with E-state index < -0.39 is 16.1 Å². The van der Waals surface area contributed by atoms with Gasteiger partial charge in [0.2, 0.25) is 0 Å². The molecule has 0 heterocycles. The summed E-state index contributed by atoms with van der Waals surface area (Å²) >= 11 is 2.27. The molecule has 6 heteroatoms. The van der Waals surface area contributed by atoms with Gasteiger partial charge in [-0.3, -0.25) is 0 Å². The van der Waals surface area contributed by atoms with Crippen molar-refractivity contribution in [1.29, 1.82) is 0 Å². The van der Waals surface area contributed by atoms with E-state index in [-0.39, 0.29) is 31.0 Å². The number of rotatable bonds is 4. The van der Waals surface area contributed by atoms with Crippen molar-refractivity contribution in [2.24, 2.45) is 0 Å². The topological polar surface area (TPSA) is 0 Å². The zero-order chi connectivity index (χ0) is 25.4. The van der Waals surface area contributed by atoms with Gasteiger partial charge in [0.15, 0.2) is 0 Å². The third-order valence-electron chi connectivity index (χ3n) is 5.67. The number of allylic oxidation sites excluding steroid dienone is 8. The first-order valence-corrected chi connectivity index (χ1v) is 24.0. The molecule has 0 saturated heterocycles. The molecule has 0 unspecified atom stereocenters. The average Bonchev–Trinajstić information content (AvgIpc) is 3.45. The summed E-state index contributed by atoms with van der Waals surface area (Å²) in [6.07, 6.45) is 13.9. The predicted molar refractivity (Wildman–Crippen MR) is 156 cm³/mol. The van der Waals surface area contributed by atoms with Crippen LogP contribution in [0.1, 0.15) is 24.0 Å². The first-order chi connectivity index (χ1) is 15.9. The molecule has 2 aliphatic carbocycles. The summed E-state index contributed by atoms with van der Waals surface area (Å²) in [6.45, 7) is 18.9. The van der Waals surface area contributed by atoms with Crippen LogP contribution >= 0.6 is 0 Å². The molecule has 4 rings (SSSR count). The number of halogens is 2. The van der Waals surface area contributed by atoms with Gasteiger partial charge in [0.05, 0.1) is 16.1 Å². The molecule has 0 aromatic heterocycles. The second-order valence-electron chi connectivity index (χ2n) is 11.1. The van der Waals surface area contributed by atoms with Gasteiger partial charge in [0, 0.05) is 0 Å². The molecule has 0 nitrogen and oxygen atoms in total. The monoisotopic (exact) mass is 602 g/mol. The fourth-order valence-electron chi connectivity index (χ4n) is 3.50. The standard InChI is InChI=1S/2C14H17Si.C2H6Si.2ClH.Ti/c2*1-15(2,3)14-10-9-13(11-14)12-7-5-4-6-8-12;1-3-2;;;/h2*4-8,11H,10H2,1-3H3;1-2H3;2*1H;/q2*-1;;;;+2/p-2. The molecule has 0 bridgehead atoms. The second kappa shape index (κ2) is 16.3. The molecule has 2 aromatic rings. The van der Waals surface area contributed by atoms with E-state index in [1.807, 2.05) is 0 Å². The summed E-state index contributed by atoms with van der Waals surface area (Å²) in [4.78, 5) is 0. The molecule has 0 amide bonds. The Morgan fingerprint density at radius 3 is 1.11 bits per heavy atom. The van der Waals surface area contributed by atoms with Gasteiger partial charge in [-0.2, -0.15) is 35.5 Å². The Hall–Kier alpha value is -0.655. The second-order valence-corrected chi connectivity index (χ2v) is 28.1. The molecule has 0 saturated carbocycles. The van der Waals surface area contributed by atoms with E-state index in [9.17, 15) is 0 Å². The molecule has 0 N–H and O–H groups in total. The fourth-order valence-corrected chi connectivity index (χ4v) is 5.90. The Balaban J connectivity index is 0.000000566. The third-order valence-corrected chi connectivity index (χ3v) is 10.2. The van der Waals surface area contributed by atoms with Crippen molar-refractivity contribution in [2.45, 2.75) is 65.2 Å². The normalized spacial score (nSPS) is 14.3. The van der Waals surface area contributed by atoms with Gasteiger partial charge in [0.25, 0.3) is 0 Å².